The largest absolute Gasteiger partial charge is 0.497 e. The fourth-order valence-corrected chi connectivity index (χ4v) is 6.02. The molecular weight excluding hydrogens is 520 g/mol. The standard InChI is InChI=1S/C33H34N2O6/c1-21-30(33(37)41-20-22-5-11-26(38-2)12-6-22)31(23-7-9-25(10-8-23)35-13-16-39-17-14-35)32-27(34-21)18-24(19-28(32)36)29-4-3-15-40-29/h3-12,15,24,31,34H,13-14,16-20H2,1-2H3/t24-,31+/m1/s1. The molecule has 1 saturated heterocycles. The van der Waals surface area contributed by atoms with Crippen LogP contribution in [0.1, 0.15) is 48.5 Å². The average Bonchev–Trinajstić information content (AvgIpc) is 3.55. The number of carbonyl (C=O) groups excluding carboxylic acids is 2. The monoisotopic (exact) mass is 554 g/mol. The first-order valence-electron chi connectivity index (χ1n) is 14.0. The normalized spacial score (nSPS) is 20.9. The number of rotatable bonds is 7. The summed E-state index contributed by atoms with van der Waals surface area (Å²) in [5.74, 6) is 0.516. The molecule has 2 aliphatic heterocycles. The van der Waals surface area contributed by atoms with E-state index in [0.717, 1.165) is 47.1 Å². The van der Waals surface area contributed by atoms with Gasteiger partial charge >= 0.3 is 5.97 Å². The fourth-order valence-electron chi connectivity index (χ4n) is 6.02. The molecule has 0 bridgehead atoms. The van der Waals surface area contributed by atoms with Crippen LogP contribution in [-0.2, 0) is 25.7 Å². The quantitative estimate of drug-likeness (QED) is 0.397. The number of carbonyl (C=O) groups is 2. The highest BCUT2D eigenvalue weighted by molar-refractivity contribution is 6.04. The second kappa shape index (κ2) is 11.7. The molecule has 6 rings (SSSR count). The molecular formula is C33H34N2O6. The second-order valence-corrected chi connectivity index (χ2v) is 10.6. The molecule has 41 heavy (non-hydrogen) atoms. The number of hydrogen-bond acceptors (Lipinski definition) is 8. The van der Waals surface area contributed by atoms with Gasteiger partial charge < -0.3 is 28.8 Å². The third-order valence-corrected chi connectivity index (χ3v) is 8.12. The van der Waals surface area contributed by atoms with Crippen molar-refractivity contribution in [2.45, 2.75) is 38.2 Å². The highest BCUT2D eigenvalue weighted by atomic mass is 16.5. The molecule has 3 aliphatic rings. The lowest BCUT2D eigenvalue weighted by atomic mass is 9.72. The number of hydrogen-bond donors (Lipinski definition) is 1. The predicted octanol–water partition coefficient (Wildman–Crippen LogP) is 5.23. The van der Waals surface area contributed by atoms with Gasteiger partial charge in [-0.15, -0.1) is 0 Å². The first kappa shape index (κ1) is 26.9. The topological polar surface area (TPSA) is 90.2 Å². The van der Waals surface area contributed by atoms with Crippen molar-refractivity contribution in [2.24, 2.45) is 0 Å². The van der Waals surface area contributed by atoms with Gasteiger partial charge in [-0.25, -0.2) is 4.79 Å². The van der Waals surface area contributed by atoms with Gasteiger partial charge in [-0.2, -0.15) is 0 Å². The van der Waals surface area contributed by atoms with Gasteiger partial charge in [-0.05, 0) is 60.9 Å². The highest BCUT2D eigenvalue weighted by Gasteiger charge is 2.42. The first-order chi connectivity index (χ1) is 20.0. The summed E-state index contributed by atoms with van der Waals surface area (Å²) in [5.41, 5.74) is 5.46. The van der Waals surface area contributed by atoms with Crippen LogP contribution in [0.2, 0.25) is 0 Å². The molecule has 1 aliphatic carbocycles. The first-order valence-corrected chi connectivity index (χ1v) is 14.0. The Hall–Kier alpha value is -4.30. The Morgan fingerprint density at radius 1 is 1.02 bits per heavy atom. The number of allylic oxidation sites excluding steroid dienone is 3. The Bertz CT molecular complexity index is 1460. The van der Waals surface area contributed by atoms with Gasteiger partial charge in [0, 0.05) is 54.0 Å². The molecule has 0 unspecified atom stereocenters. The van der Waals surface area contributed by atoms with Gasteiger partial charge in [0.1, 0.15) is 18.1 Å². The van der Waals surface area contributed by atoms with E-state index in [9.17, 15) is 9.59 Å². The molecule has 212 valence electrons. The van der Waals surface area contributed by atoms with Crippen LogP contribution >= 0.6 is 0 Å². The number of morpholine rings is 1. The lowest BCUT2D eigenvalue weighted by molar-refractivity contribution is -0.140. The van der Waals surface area contributed by atoms with Crippen molar-refractivity contribution in [3.05, 3.63) is 106 Å². The average molecular weight is 555 g/mol. The van der Waals surface area contributed by atoms with E-state index in [1.165, 1.54) is 0 Å². The molecule has 1 aromatic heterocycles. The van der Waals surface area contributed by atoms with Crippen LogP contribution in [0.4, 0.5) is 5.69 Å². The molecule has 0 spiro atoms. The number of ether oxygens (including phenoxy) is 3. The number of benzene rings is 2. The van der Waals surface area contributed by atoms with Gasteiger partial charge in [0.2, 0.25) is 0 Å². The molecule has 1 N–H and O–H groups in total. The third kappa shape index (κ3) is 5.52. The molecule has 0 saturated carbocycles. The zero-order valence-electron chi connectivity index (χ0n) is 23.4. The summed E-state index contributed by atoms with van der Waals surface area (Å²) in [6.45, 7) is 5.05. The van der Waals surface area contributed by atoms with Crippen LogP contribution < -0.4 is 15.0 Å². The van der Waals surface area contributed by atoms with Gasteiger partial charge in [0.05, 0.1) is 32.2 Å². The molecule has 3 aromatic rings. The van der Waals surface area contributed by atoms with Crippen molar-refractivity contribution in [1.29, 1.82) is 0 Å². The smallest absolute Gasteiger partial charge is 0.337 e. The second-order valence-electron chi connectivity index (χ2n) is 10.6. The molecule has 1 fully saturated rings. The van der Waals surface area contributed by atoms with Crippen molar-refractivity contribution in [3.63, 3.8) is 0 Å². The highest BCUT2D eigenvalue weighted by Crippen LogP contribution is 2.46. The van der Waals surface area contributed by atoms with Crippen LogP contribution in [0.25, 0.3) is 0 Å². The summed E-state index contributed by atoms with van der Waals surface area (Å²) >= 11 is 0. The van der Waals surface area contributed by atoms with E-state index in [1.807, 2.05) is 55.5 Å². The maximum atomic E-state index is 13.8. The zero-order chi connectivity index (χ0) is 28.3. The van der Waals surface area contributed by atoms with E-state index < -0.39 is 11.9 Å². The summed E-state index contributed by atoms with van der Waals surface area (Å²) in [6, 6.07) is 19.4. The molecule has 8 heteroatoms. The third-order valence-electron chi connectivity index (χ3n) is 8.12. The van der Waals surface area contributed by atoms with Gasteiger partial charge in [0.15, 0.2) is 5.78 Å². The van der Waals surface area contributed by atoms with E-state index in [4.69, 9.17) is 18.6 Å². The molecule has 0 radical (unpaired) electrons. The van der Waals surface area contributed by atoms with Gasteiger partial charge in [0.25, 0.3) is 0 Å². The number of esters is 1. The minimum absolute atomic E-state index is 0.00959. The van der Waals surface area contributed by atoms with E-state index >= 15 is 0 Å². The maximum absolute atomic E-state index is 13.8. The summed E-state index contributed by atoms with van der Waals surface area (Å²) in [4.78, 5) is 29.8. The summed E-state index contributed by atoms with van der Waals surface area (Å²) in [6.07, 6.45) is 2.59. The number of dihydropyridines is 1. The van der Waals surface area contributed by atoms with E-state index in [2.05, 4.69) is 22.3 Å². The minimum atomic E-state index is -0.529. The number of furan rings is 1. The van der Waals surface area contributed by atoms with Crippen molar-refractivity contribution in [2.75, 3.05) is 38.3 Å². The van der Waals surface area contributed by atoms with E-state index in [1.54, 1.807) is 13.4 Å². The lowest BCUT2D eigenvalue weighted by Crippen LogP contribution is -2.36. The maximum Gasteiger partial charge on any atom is 0.337 e. The number of nitrogens with one attached hydrogen (secondary N) is 1. The Morgan fingerprint density at radius 3 is 2.46 bits per heavy atom. The minimum Gasteiger partial charge on any atom is -0.497 e. The van der Waals surface area contributed by atoms with Gasteiger partial charge in [-0.1, -0.05) is 24.3 Å². The summed E-state index contributed by atoms with van der Waals surface area (Å²) < 4.78 is 22.2. The molecule has 2 aromatic carbocycles. The summed E-state index contributed by atoms with van der Waals surface area (Å²) in [7, 11) is 1.61. The lowest BCUT2D eigenvalue weighted by Gasteiger charge is -2.36. The van der Waals surface area contributed by atoms with Crippen molar-refractivity contribution < 1.29 is 28.2 Å². The van der Waals surface area contributed by atoms with Crippen LogP contribution in [0.5, 0.6) is 5.75 Å². The van der Waals surface area contributed by atoms with Crippen molar-refractivity contribution in [1.82, 2.24) is 5.32 Å². The Balaban J connectivity index is 1.32. The Labute approximate surface area is 239 Å². The summed E-state index contributed by atoms with van der Waals surface area (Å²) in [5, 5.41) is 3.40. The molecule has 0 amide bonds. The van der Waals surface area contributed by atoms with Crippen molar-refractivity contribution in [3.8, 4) is 5.75 Å². The molecule has 3 heterocycles. The van der Waals surface area contributed by atoms with E-state index in [-0.39, 0.29) is 18.3 Å². The van der Waals surface area contributed by atoms with Crippen LogP contribution in [0.15, 0.2) is 93.9 Å². The van der Waals surface area contributed by atoms with E-state index in [0.29, 0.717) is 42.9 Å². The number of methoxy groups -OCH3 is 1. The van der Waals surface area contributed by atoms with Gasteiger partial charge in [-0.3, -0.25) is 4.79 Å². The van der Waals surface area contributed by atoms with Crippen molar-refractivity contribution >= 4 is 17.4 Å². The number of ketones is 1. The fraction of sp³-hybridized carbons (Fsp3) is 0.333. The predicted molar refractivity (Wildman–Crippen MR) is 154 cm³/mol. The number of nitrogens with zero attached hydrogens (tertiary/aromatic N) is 1. The van der Waals surface area contributed by atoms with Crippen LogP contribution in [-0.4, -0.2) is 45.2 Å². The zero-order valence-corrected chi connectivity index (χ0v) is 23.4. The Morgan fingerprint density at radius 2 is 1.78 bits per heavy atom. The SMILES string of the molecule is COc1ccc(COC(=O)C2=C(C)NC3=C(C(=O)C[C@H](c4ccco4)C3)[C@H]2c2ccc(N3CCOCC3)cc2)cc1. The number of Topliss-reactive ketones (excluding diaryl/α,β-unsaturated/α-hetero) is 1. The van der Waals surface area contributed by atoms with Crippen LogP contribution in [0, 0.1) is 0 Å². The van der Waals surface area contributed by atoms with Crippen LogP contribution in [0.3, 0.4) is 0 Å². The molecule has 2 atom stereocenters. The number of anilines is 1. The molecule has 8 nitrogen and oxygen atoms in total. The Kier molecular flexibility index (Phi) is 7.65.